The Morgan fingerprint density at radius 2 is 1.03 bits per heavy atom. The van der Waals surface area contributed by atoms with Crippen LogP contribution in [0.3, 0.4) is 0 Å². The Kier molecular flexibility index (Phi) is 23.4. The number of phosphoric ester groups is 1. The minimum absolute atomic E-state index is 0.208. The molecule has 24 nitrogen and oxygen atoms in total. The first-order chi connectivity index (χ1) is 28.5. The quantitative estimate of drug-likeness (QED) is 0.0550. The van der Waals surface area contributed by atoms with Crippen LogP contribution in [0.1, 0.15) is 71.3 Å². The van der Waals surface area contributed by atoms with Crippen molar-refractivity contribution in [3.05, 3.63) is 29.8 Å². The van der Waals surface area contributed by atoms with Crippen LogP contribution in [0.5, 0.6) is 5.75 Å². The number of hydrogen-bond acceptors (Lipinski definition) is 12. The molecule has 0 unspecified atom stereocenters. The van der Waals surface area contributed by atoms with Crippen LogP contribution in [0.4, 0.5) is 13.2 Å². The minimum Gasteiger partial charge on any atom is -0.481 e. The number of hydrogen-bond donors (Lipinski definition) is 12. The molecule has 12 N–H and O–H groups in total. The number of alkyl halides is 3. The van der Waals surface area contributed by atoms with Gasteiger partial charge in [-0.15, -0.1) is 0 Å². The Bertz CT molecular complexity index is 1830. The number of carboxylic acid groups (broad SMARTS) is 5. The summed E-state index contributed by atoms with van der Waals surface area (Å²) in [5, 5.41) is 55.6. The molecule has 0 spiro atoms. The second-order valence-corrected chi connectivity index (χ2v) is 14.3. The Morgan fingerprint density at radius 1 is 0.645 bits per heavy atom. The van der Waals surface area contributed by atoms with E-state index in [1.54, 1.807) is 6.92 Å². The third-order valence-corrected chi connectivity index (χ3v) is 8.59. The molecule has 28 heteroatoms. The summed E-state index contributed by atoms with van der Waals surface area (Å²) in [5.74, 6) is -14.2. The van der Waals surface area contributed by atoms with E-state index in [2.05, 4.69) is 31.1 Å². The van der Waals surface area contributed by atoms with E-state index in [1.807, 2.05) is 0 Å². The van der Waals surface area contributed by atoms with Gasteiger partial charge in [0.15, 0.2) is 0 Å². The van der Waals surface area contributed by atoms with Gasteiger partial charge >= 0.3 is 43.8 Å². The second-order valence-electron chi connectivity index (χ2n) is 13.2. The topological polar surface area (TPSA) is 399 Å². The van der Waals surface area contributed by atoms with Gasteiger partial charge in [0.2, 0.25) is 29.5 Å². The zero-order valence-corrected chi connectivity index (χ0v) is 33.9. The highest BCUT2D eigenvalue weighted by atomic mass is 31.2. The molecule has 0 saturated carbocycles. The molecule has 1 aromatic carbocycles. The maximum atomic E-state index is 13.6. The van der Waals surface area contributed by atoms with Crippen molar-refractivity contribution < 1.29 is 106 Å². The van der Waals surface area contributed by atoms with Crippen LogP contribution in [-0.4, -0.2) is 131 Å². The van der Waals surface area contributed by atoms with Crippen LogP contribution in [0.2, 0.25) is 0 Å². The van der Waals surface area contributed by atoms with E-state index < -0.39 is 148 Å². The van der Waals surface area contributed by atoms with E-state index in [-0.39, 0.29) is 18.6 Å². The Balaban J connectivity index is 0.00000486. The zero-order chi connectivity index (χ0) is 48.1. The SMILES string of the molecule is CC[C@H](C)[C@H](NC(=O)[C@H](CCC(=O)O)NC(=O)[C@H](CCC(=O)O)NC(=O)[C@H](Cc1ccc(OP(=O)(O)O)cc1)NC(C)=O)C(=O)N[C@@H](CCC(=O)O)C(=O)O.O=C(O)C(F)(F)F. The van der Waals surface area contributed by atoms with Gasteiger partial charge in [0.25, 0.3) is 0 Å². The average molecular weight is 918 g/mol. The van der Waals surface area contributed by atoms with Crippen molar-refractivity contribution in [1.29, 1.82) is 0 Å². The monoisotopic (exact) mass is 917 g/mol. The van der Waals surface area contributed by atoms with Gasteiger partial charge in [-0.25, -0.2) is 14.2 Å². The highest BCUT2D eigenvalue weighted by Gasteiger charge is 2.38. The number of carbonyl (C=O) groups excluding carboxylic acids is 5. The molecular weight excluding hydrogens is 870 g/mol. The summed E-state index contributed by atoms with van der Waals surface area (Å²) in [5.41, 5.74) is 0.348. The summed E-state index contributed by atoms with van der Waals surface area (Å²) < 4.78 is 47.3. The van der Waals surface area contributed by atoms with Gasteiger partial charge in [0.1, 0.15) is 36.0 Å². The molecular formula is C34H47F3N5O19P. The average Bonchev–Trinajstić information content (AvgIpc) is 3.14. The molecule has 1 aromatic rings. The van der Waals surface area contributed by atoms with Crippen LogP contribution < -0.4 is 31.1 Å². The highest BCUT2D eigenvalue weighted by molar-refractivity contribution is 7.46. The summed E-state index contributed by atoms with van der Waals surface area (Å²) >= 11 is 0. The van der Waals surface area contributed by atoms with Crippen molar-refractivity contribution in [1.82, 2.24) is 26.6 Å². The molecule has 0 aromatic heterocycles. The van der Waals surface area contributed by atoms with Crippen LogP contribution in [0.15, 0.2) is 24.3 Å². The largest absolute Gasteiger partial charge is 0.524 e. The van der Waals surface area contributed by atoms with Gasteiger partial charge in [-0.3, -0.25) is 48.1 Å². The molecule has 0 aliphatic carbocycles. The first-order valence-electron chi connectivity index (χ1n) is 18.0. The van der Waals surface area contributed by atoms with Gasteiger partial charge in [0.05, 0.1) is 0 Å². The molecule has 1 rings (SSSR count). The van der Waals surface area contributed by atoms with Gasteiger partial charge in [-0.2, -0.15) is 13.2 Å². The number of aliphatic carboxylic acids is 5. The van der Waals surface area contributed by atoms with E-state index in [9.17, 15) is 76.2 Å². The fraction of sp³-hybridized carbons (Fsp3) is 0.529. The summed E-state index contributed by atoms with van der Waals surface area (Å²) in [6.45, 7) is 4.25. The first-order valence-corrected chi connectivity index (χ1v) is 19.5. The molecule has 0 aliphatic heterocycles. The number of halogens is 3. The number of phosphoric acid groups is 1. The fourth-order valence-corrected chi connectivity index (χ4v) is 5.27. The lowest BCUT2D eigenvalue weighted by Crippen LogP contribution is -2.60. The van der Waals surface area contributed by atoms with Gasteiger partial charge in [-0.05, 0) is 42.9 Å². The van der Waals surface area contributed by atoms with Crippen LogP contribution in [0, 0.1) is 5.92 Å². The van der Waals surface area contributed by atoms with E-state index in [4.69, 9.17) is 24.8 Å². The molecule has 0 aliphatic rings. The second kappa shape index (κ2) is 26.1. The van der Waals surface area contributed by atoms with Crippen molar-refractivity contribution in [2.75, 3.05) is 0 Å². The standard InChI is InChI=1S/C32H46N5O17P.C2HF3O2/c1-4-16(2)27(31(48)36-22(32(49)50)11-14-26(43)44)37-29(46)21(10-13-25(41)42)34-28(45)20(9-12-24(39)40)35-30(47)23(33-17(3)38)15-18-5-7-19(8-6-18)54-55(51,52)53;3-2(4,5)1(6)7/h5-8,16,20-23,27H,4,9-15H2,1-3H3,(H,33,38)(H,34,45)(H,35,47)(H,36,48)(H,37,46)(H,39,40)(H,41,42)(H,43,44)(H,49,50)(H2,51,52,53);(H,6,7)/t16-,20-,21-,22-,23-,27-;/m0./s1. The summed E-state index contributed by atoms with van der Waals surface area (Å²) in [7, 11) is -4.87. The van der Waals surface area contributed by atoms with Gasteiger partial charge < -0.3 is 56.6 Å². The number of nitrogens with one attached hydrogen (secondary N) is 5. The van der Waals surface area contributed by atoms with E-state index in [1.165, 1.54) is 31.2 Å². The molecule has 62 heavy (non-hydrogen) atoms. The highest BCUT2D eigenvalue weighted by Crippen LogP contribution is 2.37. The molecule has 0 radical (unpaired) electrons. The molecule has 5 amide bonds. The zero-order valence-electron chi connectivity index (χ0n) is 33.0. The van der Waals surface area contributed by atoms with Crippen LogP contribution in [0.25, 0.3) is 0 Å². The van der Waals surface area contributed by atoms with Crippen LogP contribution in [-0.2, 0) is 58.9 Å². The predicted molar refractivity (Wildman–Crippen MR) is 200 cm³/mol. The van der Waals surface area contributed by atoms with Crippen molar-refractivity contribution in [3.63, 3.8) is 0 Å². The molecule has 0 fully saturated rings. The third kappa shape index (κ3) is 23.4. The third-order valence-electron chi connectivity index (χ3n) is 8.14. The number of amides is 5. The Morgan fingerprint density at radius 3 is 1.39 bits per heavy atom. The van der Waals surface area contributed by atoms with E-state index >= 15 is 0 Å². The normalized spacial score (nSPS) is 14.0. The first kappa shape index (κ1) is 55.7. The lowest BCUT2D eigenvalue weighted by molar-refractivity contribution is -0.192. The molecule has 348 valence electrons. The number of rotatable bonds is 25. The fourth-order valence-electron chi connectivity index (χ4n) is 4.87. The molecule has 0 bridgehead atoms. The smallest absolute Gasteiger partial charge is 0.481 e. The lowest BCUT2D eigenvalue weighted by atomic mass is 9.96. The maximum absolute atomic E-state index is 13.6. The Labute approximate surface area is 349 Å². The molecule has 0 saturated heterocycles. The van der Waals surface area contributed by atoms with Crippen molar-refractivity contribution in [2.24, 2.45) is 5.92 Å². The molecule has 6 atom stereocenters. The maximum Gasteiger partial charge on any atom is 0.524 e. The lowest BCUT2D eigenvalue weighted by Gasteiger charge is -2.28. The van der Waals surface area contributed by atoms with E-state index in [0.29, 0.717) is 5.56 Å². The summed E-state index contributed by atoms with van der Waals surface area (Å²) in [4.78, 5) is 138. The van der Waals surface area contributed by atoms with Crippen LogP contribution >= 0.6 is 7.82 Å². The number of carboxylic acids is 5. The Hall–Kier alpha value is -6.34. The summed E-state index contributed by atoms with van der Waals surface area (Å²) in [6.07, 6.45) is -8.64. The molecule has 0 heterocycles. The van der Waals surface area contributed by atoms with Gasteiger partial charge in [-0.1, -0.05) is 32.4 Å². The minimum atomic E-state index is -5.08. The number of carbonyl (C=O) groups is 10. The van der Waals surface area contributed by atoms with E-state index in [0.717, 1.165) is 6.92 Å². The predicted octanol–water partition coefficient (Wildman–Crippen LogP) is -0.497. The number of benzene rings is 1. The van der Waals surface area contributed by atoms with Gasteiger partial charge in [0, 0.05) is 32.6 Å². The van der Waals surface area contributed by atoms with Crippen molar-refractivity contribution in [2.45, 2.75) is 109 Å². The summed E-state index contributed by atoms with van der Waals surface area (Å²) in [6, 6.07) is -2.84. The van der Waals surface area contributed by atoms with Crippen molar-refractivity contribution >= 4 is 67.2 Å². The van der Waals surface area contributed by atoms with Crippen molar-refractivity contribution in [3.8, 4) is 5.75 Å².